The summed E-state index contributed by atoms with van der Waals surface area (Å²) in [6, 6.07) is 2.96. The molecule has 40 heavy (non-hydrogen) atoms. The largest absolute Gasteiger partial charge is 0.395 e. The van der Waals surface area contributed by atoms with Crippen LogP contribution in [0, 0.1) is 24.4 Å². The van der Waals surface area contributed by atoms with Gasteiger partial charge in [0.05, 0.1) is 32.5 Å². The molecule has 3 aromatic heterocycles. The monoisotopic (exact) mass is 590 g/mol. The summed E-state index contributed by atoms with van der Waals surface area (Å²) in [5.41, 5.74) is 5.18. The van der Waals surface area contributed by atoms with E-state index in [1.54, 1.807) is 12.3 Å². The number of nitrogens with zero attached hydrogens (tertiary/aromatic N) is 5. The molecule has 210 valence electrons. The number of fused-ring (bicyclic) bond motifs is 1. The van der Waals surface area contributed by atoms with Crippen LogP contribution in [0.4, 0.5) is 24.7 Å². The summed E-state index contributed by atoms with van der Waals surface area (Å²) in [7, 11) is 0. The van der Waals surface area contributed by atoms with E-state index < -0.39 is 50.1 Å². The number of aromatic nitrogens is 4. The number of anilines is 2. The van der Waals surface area contributed by atoms with E-state index in [2.05, 4.69) is 15.0 Å². The number of nitrogens with two attached hydrogens (primary N) is 1. The highest BCUT2D eigenvalue weighted by atomic mass is 35.5. The van der Waals surface area contributed by atoms with Crippen LogP contribution in [0.15, 0.2) is 23.1 Å². The lowest BCUT2D eigenvalue weighted by molar-refractivity contribution is 0.481. The van der Waals surface area contributed by atoms with E-state index in [1.165, 1.54) is 10.6 Å². The third kappa shape index (κ3) is 4.47. The predicted octanol–water partition coefficient (Wildman–Crippen LogP) is 6.96. The molecule has 0 unspecified atom stereocenters. The van der Waals surface area contributed by atoms with Crippen LogP contribution < -0.4 is 16.3 Å². The van der Waals surface area contributed by atoms with Gasteiger partial charge in [-0.1, -0.05) is 37.0 Å². The van der Waals surface area contributed by atoms with Crippen LogP contribution in [-0.4, -0.2) is 32.1 Å². The molecule has 0 amide bonds. The van der Waals surface area contributed by atoms with Gasteiger partial charge in [0, 0.05) is 24.3 Å². The first kappa shape index (κ1) is 28.2. The summed E-state index contributed by atoms with van der Waals surface area (Å²) >= 11 is 12.4. The topological polar surface area (TPSA) is 89.9 Å². The Bertz CT molecular complexity index is 1700. The standard InChI is InChI=1S/C28H27Cl2F3N6O/c1-12(2)23-25(13(3)8-9-35-23)39-27-15(26(37-28(39)40)38-10-6-5-7-14(38)4)11-16(31)24(36-27)17-18(29)20(32)21(33)22(34)19(17)30/h8-9,11-12,14H,5-7,10,34H2,1-4H3/t14-/m0/s1. The van der Waals surface area contributed by atoms with Crippen LogP contribution >= 0.6 is 23.2 Å². The second-order valence-electron chi connectivity index (χ2n) is 10.3. The van der Waals surface area contributed by atoms with Crippen molar-refractivity contribution < 1.29 is 13.2 Å². The minimum Gasteiger partial charge on any atom is -0.395 e. The Morgan fingerprint density at radius 1 is 1.10 bits per heavy atom. The third-order valence-corrected chi connectivity index (χ3v) is 8.08. The highest BCUT2D eigenvalue weighted by Gasteiger charge is 2.30. The molecule has 4 aromatic rings. The number of hydrogen-bond donors (Lipinski definition) is 1. The Morgan fingerprint density at radius 2 is 1.82 bits per heavy atom. The molecule has 1 aliphatic rings. The number of piperidine rings is 1. The van der Waals surface area contributed by atoms with Crippen molar-refractivity contribution in [3.63, 3.8) is 0 Å². The zero-order chi connectivity index (χ0) is 29.0. The van der Waals surface area contributed by atoms with E-state index in [0.717, 1.165) is 19.3 Å². The third-order valence-electron chi connectivity index (χ3n) is 7.34. The molecule has 1 fully saturated rings. The quantitative estimate of drug-likeness (QED) is 0.157. The molecule has 1 aromatic carbocycles. The number of aryl methyl sites for hydroxylation is 1. The van der Waals surface area contributed by atoms with Crippen molar-refractivity contribution >= 4 is 45.7 Å². The van der Waals surface area contributed by atoms with E-state index in [4.69, 9.17) is 28.9 Å². The SMILES string of the molecule is Cc1ccnc(C(C)C)c1-n1c(=O)nc(N2CCCC[C@@H]2C)c2cc(F)c(-c3c(Cl)c(N)c(F)c(F)c3Cl)nc21. The molecule has 2 N–H and O–H groups in total. The highest BCUT2D eigenvalue weighted by molar-refractivity contribution is 6.41. The number of hydrogen-bond acceptors (Lipinski definition) is 6. The van der Waals surface area contributed by atoms with Gasteiger partial charge in [-0.3, -0.25) is 4.98 Å². The summed E-state index contributed by atoms with van der Waals surface area (Å²) in [6.07, 6.45) is 4.41. The molecule has 0 radical (unpaired) electrons. The molecule has 5 rings (SSSR count). The van der Waals surface area contributed by atoms with Crippen LogP contribution in [-0.2, 0) is 0 Å². The number of rotatable bonds is 4. The fourth-order valence-electron chi connectivity index (χ4n) is 5.26. The molecular formula is C28H27Cl2F3N6O. The average molecular weight is 591 g/mol. The predicted molar refractivity (Wildman–Crippen MR) is 152 cm³/mol. The molecule has 1 saturated heterocycles. The molecule has 0 spiro atoms. The van der Waals surface area contributed by atoms with Gasteiger partial charge in [-0.2, -0.15) is 4.98 Å². The lowest BCUT2D eigenvalue weighted by Crippen LogP contribution is -2.40. The Kier molecular flexibility index (Phi) is 7.43. The van der Waals surface area contributed by atoms with Crippen molar-refractivity contribution in [3.05, 3.63) is 67.6 Å². The maximum Gasteiger partial charge on any atom is 0.355 e. The van der Waals surface area contributed by atoms with Gasteiger partial charge >= 0.3 is 5.69 Å². The minimum absolute atomic E-state index is 0.0395. The van der Waals surface area contributed by atoms with Crippen LogP contribution in [0.2, 0.25) is 10.0 Å². The van der Waals surface area contributed by atoms with Gasteiger partial charge in [-0.25, -0.2) is 27.5 Å². The molecule has 4 heterocycles. The summed E-state index contributed by atoms with van der Waals surface area (Å²) in [5.74, 6) is -3.66. The second kappa shape index (κ2) is 10.6. The molecule has 0 saturated carbocycles. The molecule has 7 nitrogen and oxygen atoms in total. The van der Waals surface area contributed by atoms with Crippen LogP contribution in [0.1, 0.15) is 57.2 Å². The van der Waals surface area contributed by atoms with E-state index in [-0.39, 0.29) is 28.8 Å². The lowest BCUT2D eigenvalue weighted by Gasteiger charge is -2.35. The molecule has 1 aliphatic heterocycles. The number of nitrogen functional groups attached to an aromatic ring is 1. The Hall–Kier alpha value is -3.37. The smallest absolute Gasteiger partial charge is 0.355 e. The first-order valence-electron chi connectivity index (χ1n) is 12.9. The van der Waals surface area contributed by atoms with E-state index >= 15 is 4.39 Å². The highest BCUT2D eigenvalue weighted by Crippen LogP contribution is 2.43. The van der Waals surface area contributed by atoms with Gasteiger partial charge in [0.25, 0.3) is 0 Å². The first-order chi connectivity index (χ1) is 18.9. The number of benzene rings is 1. The zero-order valence-corrected chi connectivity index (χ0v) is 23.8. The van der Waals surface area contributed by atoms with Crippen LogP contribution in [0.25, 0.3) is 28.0 Å². The Balaban J connectivity index is 1.95. The Morgan fingerprint density at radius 3 is 2.50 bits per heavy atom. The zero-order valence-electron chi connectivity index (χ0n) is 22.3. The fourth-order valence-corrected chi connectivity index (χ4v) is 5.84. The van der Waals surface area contributed by atoms with Crippen molar-refractivity contribution in [2.75, 3.05) is 17.2 Å². The summed E-state index contributed by atoms with van der Waals surface area (Å²) < 4.78 is 46.1. The van der Waals surface area contributed by atoms with Crippen molar-refractivity contribution in [3.8, 4) is 16.9 Å². The van der Waals surface area contributed by atoms with Gasteiger partial charge in [0.2, 0.25) is 0 Å². The van der Waals surface area contributed by atoms with Gasteiger partial charge in [-0.15, -0.1) is 0 Å². The summed E-state index contributed by atoms with van der Waals surface area (Å²) in [4.78, 5) is 29.2. The lowest BCUT2D eigenvalue weighted by atomic mass is 10.0. The van der Waals surface area contributed by atoms with Crippen molar-refractivity contribution in [1.82, 2.24) is 19.5 Å². The molecular weight excluding hydrogens is 564 g/mol. The maximum absolute atomic E-state index is 15.9. The maximum atomic E-state index is 15.9. The molecule has 1 atom stereocenters. The van der Waals surface area contributed by atoms with Gasteiger partial charge < -0.3 is 10.6 Å². The van der Waals surface area contributed by atoms with Gasteiger partial charge in [-0.05, 0) is 56.7 Å². The summed E-state index contributed by atoms with van der Waals surface area (Å²) in [6.45, 7) is 8.31. The Labute approximate surface area is 238 Å². The van der Waals surface area contributed by atoms with Crippen molar-refractivity contribution in [2.45, 2.75) is 58.9 Å². The van der Waals surface area contributed by atoms with Crippen molar-refractivity contribution in [2.24, 2.45) is 0 Å². The number of pyridine rings is 2. The first-order valence-corrected chi connectivity index (χ1v) is 13.7. The normalized spacial score (nSPS) is 15.8. The van der Waals surface area contributed by atoms with Crippen LogP contribution in [0.3, 0.4) is 0 Å². The fraction of sp³-hybridized carbons (Fsp3) is 0.357. The minimum atomic E-state index is -1.49. The van der Waals surface area contributed by atoms with Crippen molar-refractivity contribution in [1.29, 1.82) is 0 Å². The van der Waals surface area contributed by atoms with E-state index in [9.17, 15) is 13.6 Å². The summed E-state index contributed by atoms with van der Waals surface area (Å²) in [5, 5.41) is -1.02. The van der Waals surface area contributed by atoms with E-state index in [0.29, 0.717) is 23.5 Å². The average Bonchev–Trinajstić information content (AvgIpc) is 2.92. The van der Waals surface area contributed by atoms with E-state index in [1.807, 2.05) is 32.6 Å². The number of halogens is 5. The van der Waals surface area contributed by atoms with Gasteiger partial charge in [0.1, 0.15) is 17.3 Å². The molecule has 0 aliphatic carbocycles. The second-order valence-corrected chi connectivity index (χ2v) is 11.1. The van der Waals surface area contributed by atoms with Gasteiger partial charge in [0.15, 0.2) is 17.3 Å². The molecule has 0 bridgehead atoms. The van der Waals surface area contributed by atoms with Crippen LogP contribution in [0.5, 0.6) is 0 Å². The molecule has 12 heteroatoms.